The summed E-state index contributed by atoms with van der Waals surface area (Å²) in [6, 6.07) is 3.55. The Labute approximate surface area is 123 Å². The van der Waals surface area contributed by atoms with E-state index in [-0.39, 0.29) is 36.9 Å². The molecule has 0 bridgehead atoms. The summed E-state index contributed by atoms with van der Waals surface area (Å²) in [4.78, 5) is 24.2. The molecule has 5 nitrogen and oxygen atoms in total. The lowest BCUT2D eigenvalue weighted by molar-refractivity contribution is -0.123. The van der Waals surface area contributed by atoms with Gasteiger partial charge in [-0.15, -0.1) is 11.3 Å². The zero-order chi connectivity index (χ0) is 15.0. The zero-order valence-corrected chi connectivity index (χ0v) is 12.7. The predicted molar refractivity (Wildman–Crippen MR) is 79.4 cm³/mol. The Bertz CT molecular complexity index is 420. The van der Waals surface area contributed by atoms with Crippen molar-refractivity contribution in [2.45, 2.75) is 45.2 Å². The molecule has 0 radical (unpaired) electrons. The fraction of sp³-hybridized carbons (Fsp3) is 0.571. The lowest BCUT2D eigenvalue weighted by atomic mass is 10.1. The zero-order valence-electron chi connectivity index (χ0n) is 11.9. The highest BCUT2D eigenvalue weighted by molar-refractivity contribution is 7.10. The van der Waals surface area contributed by atoms with E-state index in [1.165, 1.54) is 18.3 Å². The van der Waals surface area contributed by atoms with E-state index in [1.54, 1.807) is 0 Å². The summed E-state index contributed by atoms with van der Waals surface area (Å²) in [5.41, 5.74) is 0. The van der Waals surface area contributed by atoms with Crippen molar-refractivity contribution in [2.75, 3.05) is 6.61 Å². The lowest BCUT2D eigenvalue weighted by Gasteiger charge is -2.18. The summed E-state index contributed by atoms with van der Waals surface area (Å²) in [5, 5.41) is 16.4. The van der Waals surface area contributed by atoms with Crippen LogP contribution in [-0.4, -0.2) is 29.6 Å². The van der Waals surface area contributed by atoms with Gasteiger partial charge in [0, 0.05) is 24.4 Å². The maximum absolute atomic E-state index is 12.0. The van der Waals surface area contributed by atoms with Gasteiger partial charge in [0.1, 0.15) is 0 Å². The minimum Gasteiger partial charge on any atom is -0.396 e. The molecule has 0 spiro atoms. The first-order valence-corrected chi connectivity index (χ1v) is 7.61. The number of thiophene rings is 1. The minimum atomic E-state index is -0.280. The largest absolute Gasteiger partial charge is 0.396 e. The van der Waals surface area contributed by atoms with E-state index >= 15 is 0 Å². The predicted octanol–water partition coefficient (Wildman–Crippen LogP) is 1.59. The van der Waals surface area contributed by atoms with Gasteiger partial charge in [0.2, 0.25) is 11.8 Å². The lowest BCUT2D eigenvalue weighted by Crippen LogP contribution is -2.36. The maximum atomic E-state index is 12.0. The van der Waals surface area contributed by atoms with Crippen molar-refractivity contribution in [1.29, 1.82) is 0 Å². The highest BCUT2D eigenvalue weighted by Crippen LogP contribution is 2.22. The summed E-state index contributed by atoms with van der Waals surface area (Å²) in [6.07, 6.45) is 1.64. The first-order chi connectivity index (χ1) is 9.52. The molecular formula is C14H22N2O3S. The third-order valence-corrected chi connectivity index (χ3v) is 3.84. The van der Waals surface area contributed by atoms with Gasteiger partial charge in [-0.25, -0.2) is 0 Å². The fourth-order valence-corrected chi connectivity index (χ4v) is 2.72. The maximum Gasteiger partial charge on any atom is 0.222 e. The number of nitrogens with one attached hydrogen (secondary N) is 2. The number of aliphatic hydroxyl groups excluding tert-OH is 1. The molecule has 1 heterocycles. The highest BCUT2D eigenvalue weighted by Gasteiger charge is 2.18. The first kappa shape index (κ1) is 16.7. The van der Waals surface area contributed by atoms with E-state index < -0.39 is 0 Å². The van der Waals surface area contributed by atoms with Gasteiger partial charge in [-0.1, -0.05) is 6.07 Å². The van der Waals surface area contributed by atoms with Crippen LogP contribution in [0.4, 0.5) is 0 Å². The normalized spacial score (nSPS) is 13.6. The summed E-state index contributed by atoms with van der Waals surface area (Å²) < 4.78 is 0. The molecule has 2 unspecified atom stereocenters. The third kappa shape index (κ3) is 6.16. The van der Waals surface area contributed by atoms with Gasteiger partial charge in [0.15, 0.2) is 0 Å². The van der Waals surface area contributed by atoms with Crippen LogP contribution in [0.15, 0.2) is 17.5 Å². The fourth-order valence-electron chi connectivity index (χ4n) is 1.95. The second-order valence-corrected chi connectivity index (χ2v) is 5.79. The van der Waals surface area contributed by atoms with Gasteiger partial charge in [-0.2, -0.15) is 0 Å². The Morgan fingerprint density at radius 3 is 2.70 bits per heavy atom. The molecule has 1 aromatic rings. The van der Waals surface area contributed by atoms with Gasteiger partial charge in [-0.05, 0) is 31.2 Å². The van der Waals surface area contributed by atoms with E-state index in [0.29, 0.717) is 6.42 Å². The van der Waals surface area contributed by atoms with E-state index in [9.17, 15) is 9.59 Å². The topological polar surface area (TPSA) is 78.4 Å². The smallest absolute Gasteiger partial charge is 0.222 e. The summed E-state index contributed by atoms with van der Waals surface area (Å²) in [7, 11) is 0. The Hall–Kier alpha value is -1.40. The van der Waals surface area contributed by atoms with E-state index in [0.717, 1.165) is 11.3 Å². The molecule has 2 amide bonds. The molecular weight excluding hydrogens is 276 g/mol. The van der Waals surface area contributed by atoms with Crippen molar-refractivity contribution in [3.63, 3.8) is 0 Å². The van der Waals surface area contributed by atoms with Crippen LogP contribution < -0.4 is 10.6 Å². The van der Waals surface area contributed by atoms with Crippen LogP contribution in [-0.2, 0) is 9.59 Å². The Morgan fingerprint density at radius 2 is 2.15 bits per heavy atom. The molecule has 3 N–H and O–H groups in total. The third-order valence-electron chi connectivity index (χ3n) is 2.86. The van der Waals surface area contributed by atoms with Crippen molar-refractivity contribution >= 4 is 23.2 Å². The van der Waals surface area contributed by atoms with Gasteiger partial charge < -0.3 is 15.7 Å². The van der Waals surface area contributed by atoms with Crippen LogP contribution in [0.3, 0.4) is 0 Å². The van der Waals surface area contributed by atoms with Crippen LogP contribution in [0.5, 0.6) is 0 Å². The van der Waals surface area contributed by atoms with Crippen LogP contribution in [0.25, 0.3) is 0 Å². The Morgan fingerprint density at radius 1 is 1.40 bits per heavy atom. The second kappa shape index (κ2) is 8.71. The van der Waals surface area contributed by atoms with Crippen LogP contribution in [0, 0.1) is 0 Å². The van der Waals surface area contributed by atoms with Gasteiger partial charge in [0.05, 0.1) is 12.5 Å². The second-order valence-electron chi connectivity index (χ2n) is 4.81. The van der Waals surface area contributed by atoms with Crippen molar-refractivity contribution < 1.29 is 14.7 Å². The monoisotopic (exact) mass is 298 g/mol. The molecule has 0 aliphatic rings. The molecule has 112 valence electrons. The average molecular weight is 298 g/mol. The molecule has 0 saturated heterocycles. The van der Waals surface area contributed by atoms with Crippen molar-refractivity contribution in [3.05, 3.63) is 22.4 Å². The molecule has 6 heteroatoms. The molecule has 0 aromatic carbocycles. The number of hydrogen-bond acceptors (Lipinski definition) is 4. The number of carbonyl (C=O) groups excluding carboxylic acids is 2. The van der Waals surface area contributed by atoms with E-state index in [2.05, 4.69) is 10.6 Å². The standard InChI is InChI=1S/C14H22N2O3S/c1-10(5-3-7-17)15-14(19)9-12(16-11(2)18)13-6-4-8-20-13/h4,6,8,10,12,17H,3,5,7,9H2,1-2H3,(H,15,19)(H,16,18). The Balaban J connectivity index is 2.52. The minimum absolute atomic E-state index is 0.0240. The molecule has 0 saturated carbocycles. The molecule has 1 aromatic heterocycles. The average Bonchev–Trinajstić information content (AvgIpc) is 2.88. The number of amides is 2. The quantitative estimate of drug-likeness (QED) is 0.682. The summed E-state index contributed by atoms with van der Waals surface area (Å²) >= 11 is 1.52. The van der Waals surface area contributed by atoms with Crippen LogP contribution in [0.2, 0.25) is 0 Å². The molecule has 20 heavy (non-hydrogen) atoms. The van der Waals surface area contributed by atoms with Gasteiger partial charge in [-0.3, -0.25) is 9.59 Å². The summed E-state index contributed by atoms with van der Waals surface area (Å²) in [5.74, 6) is -0.243. The number of aliphatic hydroxyl groups is 1. The van der Waals surface area contributed by atoms with Crippen molar-refractivity contribution in [2.24, 2.45) is 0 Å². The molecule has 0 aliphatic carbocycles. The molecule has 2 atom stereocenters. The molecule has 1 rings (SSSR count). The van der Waals surface area contributed by atoms with Gasteiger partial charge in [0.25, 0.3) is 0 Å². The highest BCUT2D eigenvalue weighted by atomic mass is 32.1. The summed E-state index contributed by atoms with van der Waals surface area (Å²) in [6.45, 7) is 3.48. The Kier molecular flexibility index (Phi) is 7.25. The van der Waals surface area contributed by atoms with E-state index in [4.69, 9.17) is 5.11 Å². The van der Waals surface area contributed by atoms with Crippen LogP contribution in [0.1, 0.15) is 44.0 Å². The number of carbonyl (C=O) groups is 2. The van der Waals surface area contributed by atoms with Crippen LogP contribution >= 0.6 is 11.3 Å². The molecule has 0 fully saturated rings. The SMILES string of the molecule is CC(=O)NC(CC(=O)NC(C)CCCO)c1cccs1. The van der Waals surface area contributed by atoms with Crippen molar-refractivity contribution in [3.8, 4) is 0 Å². The van der Waals surface area contributed by atoms with Crippen molar-refractivity contribution in [1.82, 2.24) is 10.6 Å². The number of hydrogen-bond donors (Lipinski definition) is 3. The van der Waals surface area contributed by atoms with E-state index in [1.807, 2.05) is 24.4 Å². The van der Waals surface area contributed by atoms with Gasteiger partial charge >= 0.3 is 0 Å². The first-order valence-electron chi connectivity index (χ1n) is 6.73. The molecule has 0 aliphatic heterocycles. The number of rotatable bonds is 8.